The summed E-state index contributed by atoms with van der Waals surface area (Å²) in [7, 11) is 4.90. The molecule has 0 radical (unpaired) electrons. The molecule has 1 aromatic heterocycles. The minimum absolute atomic E-state index is 0.511. The molecule has 0 atom stereocenters. The van der Waals surface area contributed by atoms with Crippen LogP contribution < -0.4 is 23.5 Å². The summed E-state index contributed by atoms with van der Waals surface area (Å²) in [6.07, 6.45) is 0. The summed E-state index contributed by atoms with van der Waals surface area (Å²) in [5, 5.41) is 4.97. The Morgan fingerprint density at radius 3 is 2.43 bits per heavy atom. The standard InChI is InChI=1S/C22H18N2O5S/c1-25-15-8-5-4-7-14(15)13-11-18(27-3)20-19(12-13)28-23-22(20)24-29-17-10-6-9-16(26-2)21(17)30-24/h4-12H,1-3H3. The zero-order chi connectivity index (χ0) is 20.7. The molecule has 5 rings (SSSR count). The Bertz CT molecular complexity index is 1240. The molecular weight excluding hydrogens is 404 g/mol. The van der Waals surface area contributed by atoms with Gasteiger partial charge in [0.15, 0.2) is 11.3 Å². The first-order valence-electron chi connectivity index (χ1n) is 9.17. The van der Waals surface area contributed by atoms with Gasteiger partial charge in [-0.25, -0.2) is 0 Å². The normalized spacial score (nSPS) is 12.6. The van der Waals surface area contributed by atoms with E-state index in [2.05, 4.69) is 5.16 Å². The van der Waals surface area contributed by atoms with E-state index >= 15 is 0 Å². The predicted octanol–water partition coefficient (Wildman–Crippen LogP) is 5.34. The number of ether oxygens (including phenoxy) is 3. The fourth-order valence-corrected chi connectivity index (χ4v) is 4.37. The van der Waals surface area contributed by atoms with Gasteiger partial charge in [0.2, 0.25) is 5.82 Å². The smallest absolute Gasteiger partial charge is 0.230 e. The second-order valence-corrected chi connectivity index (χ2v) is 7.41. The molecule has 0 N–H and O–H groups in total. The van der Waals surface area contributed by atoms with Crippen molar-refractivity contribution in [3.8, 4) is 34.1 Å². The average Bonchev–Trinajstić information content (AvgIpc) is 3.42. The maximum atomic E-state index is 5.97. The van der Waals surface area contributed by atoms with Crippen molar-refractivity contribution in [1.29, 1.82) is 0 Å². The zero-order valence-electron chi connectivity index (χ0n) is 16.5. The van der Waals surface area contributed by atoms with Crippen molar-refractivity contribution in [1.82, 2.24) is 5.16 Å². The van der Waals surface area contributed by atoms with E-state index in [1.54, 1.807) is 25.8 Å². The number of nitrogens with zero attached hydrogens (tertiary/aromatic N) is 2. The van der Waals surface area contributed by atoms with Crippen LogP contribution in [0.1, 0.15) is 0 Å². The number of anilines is 1. The average molecular weight is 422 g/mol. The van der Waals surface area contributed by atoms with Crippen molar-refractivity contribution < 1.29 is 23.6 Å². The molecule has 30 heavy (non-hydrogen) atoms. The Balaban J connectivity index is 1.59. The van der Waals surface area contributed by atoms with Gasteiger partial charge in [0.25, 0.3) is 0 Å². The number of fused-ring (bicyclic) bond motifs is 2. The van der Waals surface area contributed by atoms with E-state index in [1.807, 2.05) is 54.6 Å². The summed E-state index contributed by atoms with van der Waals surface area (Å²) in [4.78, 5) is 6.85. The fraction of sp³-hybridized carbons (Fsp3) is 0.136. The third kappa shape index (κ3) is 2.88. The monoisotopic (exact) mass is 422 g/mol. The van der Waals surface area contributed by atoms with Gasteiger partial charge in [-0.3, -0.25) is 0 Å². The molecule has 0 aliphatic carbocycles. The molecule has 0 spiro atoms. The SMILES string of the molecule is COc1ccccc1-c1cc(OC)c2c(N3Oc4cccc(OC)c4S3)noc2c1. The van der Waals surface area contributed by atoms with Gasteiger partial charge in [-0.05, 0) is 35.9 Å². The van der Waals surface area contributed by atoms with Crippen LogP contribution in [-0.4, -0.2) is 26.5 Å². The second-order valence-electron chi connectivity index (χ2n) is 6.49. The van der Waals surface area contributed by atoms with Crippen LogP contribution in [0.5, 0.6) is 23.0 Å². The van der Waals surface area contributed by atoms with Gasteiger partial charge in [-0.15, -0.1) is 4.47 Å². The number of hydrogen-bond acceptors (Lipinski definition) is 8. The maximum Gasteiger partial charge on any atom is 0.230 e. The van der Waals surface area contributed by atoms with Gasteiger partial charge in [-0.2, -0.15) is 0 Å². The summed E-state index contributed by atoms with van der Waals surface area (Å²) in [5.74, 6) is 3.33. The number of aromatic nitrogens is 1. The van der Waals surface area contributed by atoms with Crippen LogP contribution in [0, 0.1) is 0 Å². The van der Waals surface area contributed by atoms with Gasteiger partial charge >= 0.3 is 0 Å². The molecule has 1 aliphatic rings. The van der Waals surface area contributed by atoms with E-state index in [1.165, 1.54) is 11.9 Å². The highest BCUT2D eigenvalue weighted by atomic mass is 32.2. The van der Waals surface area contributed by atoms with Crippen molar-refractivity contribution >= 4 is 28.7 Å². The zero-order valence-corrected chi connectivity index (χ0v) is 17.4. The summed E-state index contributed by atoms with van der Waals surface area (Å²) >= 11 is 1.37. The Kier molecular flexibility index (Phi) is 4.55. The Hall–Kier alpha value is -3.52. The molecule has 0 fully saturated rings. The fourth-order valence-electron chi connectivity index (χ4n) is 3.44. The highest BCUT2D eigenvalue weighted by Gasteiger charge is 2.31. The van der Waals surface area contributed by atoms with Gasteiger partial charge in [0, 0.05) is 17.5 Å². The van der Waals surface area contributed by atoms with Crippen molar-refractivity contribution in [2.75, 3.05) is 25.8 Å². The van der Waals surface area contributed by atoms with Crippen molar-refractivity contribution in [3.63, 3.8) is 0 Å². The molecule has 0 unspecified atom stereocenters. The number of hydrogen-bond donors (Lipinski definition) is 0. The summed E-state index contributed by atoms with van der Waals surface area (Å²) in [6, 6.07) is 17.3. The number of benzene rings is 3. The molecular formula is C22H18N2O5S. The predicted molar refractivity (Wildman–Crippen MR) is 115 cm³/mol. The molecule has 2 heterocycles. The van der Waals surface area contributed by atoms with Crippen LogP contribution in [0.2, 0.25) is 0 Å². The molecule has 7 nitrogen and oxygen atoms in total. The lowest BCUT2D eigenvalue weighted by Gasteiger charge is -2.13. The van der Waals surface area contributed by atoms with Crippen LogP contribution in [0.15, 0.2) is 64.0 Å². The van der Waals surface area contributed by atoms with E-state index in [0.717, 1.165) is 32.9 Å². The highest BCUT2D eigenvalue weighted by Crippen LogP contribution is 2.50. The van der Waals surface area contributed by atoms with E-state index in [9.17, 15) is 0 Å². The molecule has 0 saturated heterocycles. The van der Waals surface area contributed by atoms with E-state index in [0.29, 0.717) is 22.9 Å². The molecule has 1 aliphatic heterocycles. The van der Waals surface area contributed by atoms with Crippen molar-refractivity contribution in [2.24, 2.45) is 0 Å². The summed E-state index contributed by atoms with van der Waals surface area (Å²) < 4.78 is 23.9. The largest absolute Gasteiger partial charge is 0.496 e. The summed E-state index contributed by atoms with van der Waals surface area (Å²) in [5.41, 5.74) is 2.42. The second kappa shape index (κ2) is 7.38. The van der Waals surface area contributed by atoms with E-state index < -0.39 is 0 Å². The van der Waals surface area contributed by atoms with E-state index in [4.69, 9.17) is 23.6 Å². The summed E-state index contributed by atoms with van der Waals surface area (Å²) in [6.45, 7) is 0. The Labute approximate surface area is 177 Å². The first-order chi connectivity index (χ1) is 14.7. The minimum Gasteiger partial charge on any atom is -0.496 e. The molecule has 4 aromatic rings. The number of methoxy groups -OCH3 is 3. The minimum atomic E-state index is 0.511. The highest BCUT2D eigenvalue weighted by molar-refractivity contribution is 8.01. The first kappa shape index (κ1) is 18.5. The Morgan fingerprint density at radius 1 is 0.867 bits per heavy atom. The van der Waals surface area contributed by atoms with Gasteiger partial charge in [-0.1, -0.05) is 29.4 Å². The lowest BCUT2D eigenvalue weighted by molar-refractivity contribution is 0.341. The van der Waals surface area contributed by atoms with Gasteiger partial charge < -0.3 is 23.6 Å². The lowest BCUT2D eigenvalue weighted by atomic mass is 10.0. The lowest BCUT2D eigenvalue weighted by Crippen LogP contribution is -2.14. The van der Waals surface area contributed by atoms with Gasteiger partial charge in [0.1, 0.15) is 27.5 Å². The third-order valence-corrected chi connectivity index (χ3v) is 5.85. The maximum absolute atomic E-state index is 5.97. The molecule has 8 heteroatoms. The molecule has 0 saturated carbocycles. The Morgan fingerprint density at radius 2 is 1.63 bits per heavy atom. The van der Waals surface area contributed by atoms with Crippen LogP contribution in [0.3, 0.4) is 0 Å². The third-order valence-electron chi connectivity index (χ3n) is 4.85. The molecule has 0 amide bonds. The van der Waals surface area contributed by atoms with Crippen LogP contribution in [-0.2, 0) is 0 Å². The first-order valence-corrected chi connectivity index (χ1v) is 9.94. The molecule has 152 valence electrons. The number of rotatable bonds is 5. The van der Waals surface area contributed by atoms with Crippen molar-refractivity contribution in [2.45, 2.75) is 4.90 Å². The van der Waals surface area contributed by atoms with Crippen LogP contribution in [0.25, 0.3) is 22.1 Å². The van der Waals surface area contributed by atoms with Crippen LogP contribution >= 0.6 is 11.9 Å². The molecule has 3 aromatic carbocycles. The van der Waals surface area contributed by atoms with Crippen LogP contribution in [0.4, 0.5) is 5.82 Å². The van der Waals surface area contributed by atoms with Crippen molar-refractivity contribution in [3.05, 3.63) is 54.6 Å². The quantitative estimate of drug-likeness (QED) is 0.399. The number of para-hydroxylation sites is 1. The van der Waals surface area contributed by atoms with E-state index in [-0.39, 0.29) is 0 Å². The molecule has 0 bridgehead atoms. The van der Waals surface area contributed by atoms with Gasteiger partial charge in [0.05, 0.1) is 21.3 Å². The topological polar surface area (TPSA) is 66.2 Å².